The lowest BCUT2D eigenvalue weighted by atomic mass is 10.2. The minimum absolute atomic E-state index is 0.0610. The van der Waals surface area contributed by atoms with Gasteiger partial charge in [0.1, 0.15) is 6.10 Å². The van der Waals surface area contributed by atoms with Gasteiger partial charge in [0.2, 0.25) is 6.10 Å². The Morgan fingerprint density at radius 1 is 1.42 bits per heavy atom. The van der Waals surface area contributed by atoms with Gasteiger partial charge in [-0.25, -0.2) is 19.3 Å². The molecule has 0 aromatic carbocycles. The molecular weight excluding hydrogens is 334 g/mol. The summed E-state index contributed by atoms with van der Waals surface area (Å²) in [5.74, 6) is -0.875. The molecule has 0 saturated carbocycles. The third-order valence-electron chi connectivity index (χ3n) is 3.63. The van der Waals surface area contributed by atoms with Crippen molar-refractivity contribution in [2.75, 3.05) is 0 Å². The predicted octanol–water partition coefficient (Wildman–Crippen LogP) is 2.40. The van der Waals surface area contributed by atoms with E-state index in [1.807, 2.05) is 19.9 Å². The molecule has 0 radical (unpaired) electrons. The number of pyridine rings is 1. The fraction of sp³-hybridized carbons (Fsp3) is 0.375. The zero-order valence-corrected chi connectivity index (χ0v) is 14.2. The molecule has 8 heteroatoms. The smallest absolute Gasteiger partial charge is 0.359 e. The molecule has 2 aromatic heterocycles. The second kappa shape index (κ2) is 6.24. The van der Waals surface area contributed by atoms with E-state index in [9.17, 15) is 9.59 Å². The van der Waals surface area contributed by atoms with Gasteiger partial charge < -0.3 is 9.47 Å². The van der Waals surface area contributed by atoms with Gasteiger partial charge in [0.15, 0.2) is 11.5 Å². The van der Waals surface area contributed by atoms with E-state index in [1.165, 1.54) is 0 Å². The van der Waals surface area contributed by atoms with Crippen molar-refractivity contribution < 1.29 is 19.1 Å². The number of hydrogen-bond acceptors (Lipinski definition) is 6. The van der Waals surface area contributed by atoms with Crippen LogP contribution in [0.3, 0.4) is 0 Å². The molecular formula is C16H16ClN3O4. The molecule has 0 amide bonds. The Labute approximate surface area is 143 Å². The summed E-state index contributed by atoms with van der Waals surface area (Å²) in [7, 11) is 0. The third kappa shape index (κ3) is 3.12. The second-order valence-electron chi connectivity index (χ2n) is 5.72. The number of esters is 2. The summed E-state index contributed by atoms with van der Waals surface area (Å²) in [6, 6.07) is 5.10. The third-order valence-corrected chi connectivity index (χ3v) is 3.93. The topological polar surface area (TPSA) is 83.3 Å². The van der Waals surface area contributed by atoms with Gasteiger partial charge in [-0.1, -0.05) is 11.6 Å². The molecule has 7 nitrogen and oxygen atoms in total. The van der Waals surface area contributed by atoms with Crippen molar-refractivity contribution in [3.05, 3.63) is 40.3 Å². The van der Waals surface area contributed by atoms with Gasteiger partial charge in [-0.15, -0.1) is 0 Å². The van der Waals surface area contributed by atoms with E-state index in [2.05, 4.69) is 10.1 Å². The molecule has 1 fully saturated rings. The Bertz CT molecular complexity index is 818. The van der Waals surface area contributed by atoms with Gasteiger partial charge in [-0.2, -0.15) is 5.10 Å². The first-order valence-corrected chi connectivity index (χ1v) is 7.84. The number of nitrogens with zero attached hydrogens (tertiary/aromatic N) is 3. The summed E-state index contributed by atoms with van der Waals surface area (Å²) >= 11 is 6.06. The zero-order chi connectivity index (χ0) is 17.4. The van der Waals surface area contributed by atoms with Crippen molar-refractivity contribution in [2.45, 2.75) is 39.4 Å². The van der Waals surface area contributed by atoms with Crippen LogP contribution in [0.1, 0.15) is 35.2 Å². The Morgan fingerprint density at radius 3 is 2.75 bits per heavy atom. The number of aryl methyl sites for hydroxylation is 2. The number of ether oxygens (including phenoxy) is 2. The maximum absolute atomic E-state index is 12.3. The van der Waals surface area contributed by atoms with Crippen LogP contribution < -0.4 is 0 Å². The summed E-state index contributed by atoms with van der Waals surface area (Å²) < 4.78 is 11.8. The standard InChI is InChI=1S/C16H16ClN3O4/c1-8-6-9(2)20(19-8)13-5-4-11(17)14(18-13)16(22)24-12-7-10(3)23-15(12)21/h4-6,10,12H,7H2,1-3H3. The number of hydrogen-bond donors (Lipinski definition) is 0. The van der Waals surface area contributed by atoms with E-state index < -0.39 is 18.0 Å². The summed E-state index contributed by atoms with van der Waals surface area (Å²) in [5, 5.41) is 4.46. The lowest BCUT2D eigenvalue weighted by molar-refractivity contribution is -0.147. The molecule has 2 unspecified atom stereocenters. The normalized spacial score (nSPS) is 20.1. The molecule has 2 aromatic rings. The number of carbonyl (C=O) groups is 2. The number of carbonyl (C=O) groups excluding carboxylic acids is 2. The van der Waals surface area contributed by atoms with Gasteiger partial charge in [-0.3, -0.25) is 0 Å². The molecule has 126 valence electrons. The maximum Gasteiger partial charge on any atom is 0.359 e. The van der Waals surface area contributed by atoms with E-state index in [1.54, 1.807) is 23.7 Å². The molecule has 0 aliphatic carbocycles. The molecule has 2 atom stereocenters. The quantitative estimate of drug-likeness (QED) is 0.791. The average Bonchev–Trinajstić information content (AvgIpc) is 3.00. The Hall–Kier alpha value is -2.41. The summed E-state index contributed by atoms with van der Waals surface area (Å²) in [5.41, 5.74) is 1.64. The van der Waals surface area contributed by atoms with Gasteiger partial charge in [0.05, 0.1) is 10.7 Å². The predicted molar refractivity (Wildman–Crippen MR) is 85.2 cm³/mol. The number of rotatable bonds is 3. The molecule has 1 aliphatic heterocycles. The van der Waals surface area contributed by atoms with E-state index >= 15 is 0 Å². The molecule has 3 rings (SSSR count). The lowest BCUT2D eigenvalue weighted by Crippen LogP contribution is -2.23. The summed E-state index contributed by atoms with van der Waals surface area (Å²) in [6.45, 7) is 5.48. The van der Waals surface area contributed by atoms with Crippen LogP contribution >= 0.6 is 11.6 Å². The molecule has 0 N–H and O–H groups in total. The Balaban J connectivity index is 1.87. The summed E-state index contributed by atoms with van der Waals surface area (Å²) in [6.07, 6.45) is -0.887. The number of cyclic esters (lactones) is 1. The highest BCUT2D eigenvalue weighted by atomic mass is 35.5. The molecule has 1 aliphatic rings. The van der Waals surface area contributed by atoms with Crippen LogP contribution in [-0.4, -0.2) is 38.9 Å². The van der Waals surface area contributed by atoms with E-state index in [4.69, 9.17) is 21.1 Å². The van der Waals surface area contributed by atoms with E-state index in [0.717, 1.165) is 11.4 Å². The van der Waals surface area contributed by atoms with Crippen LogP contribution in [0.5, 0.6) is 0 Å². The zero-order valence-electron chi connectivity index (χ0n) is 13.4. The van der Waals surface area contributed by atoms with Gasteiger partial charge >= 0.3 is 11.9 Å². The van der Waals surface area contributed by atoms with Crippen LogP contribution in [0.25, 0.3) is 5.82 Å². The summed E-state index contributed by atoms with van der Waals surface area (Å²) in [4.78, 5) is 28.2. The van der Waals surface area contributed by atoms with Crippen LogP contribution in [-0.2, 0) is 14.3 Å². The van der Waals surface area contributed by atoms with E-state index in [-0.39, 0.29) is 16.8 Å². The van der Waals surface area contributed by atoms with Crippen molar-refractivity contribution in [1.82, 2.24) is 14.8 Å². The van der Waals surface area contributed by atoms with Crippen molar-refractivity contribution in [1.29, 1.82) is 0 Å². The monoisotopic (exact) mass is 349 g/mol. The largest absolute Gasteiger partial charge is 0.460 e. The first kappa shape index (κ1) is 16.4. The highest BCUT2D eigenvalue weighted by molar-refractivity contribution is 6.33. The lowest BCUT2D eigenvalue weighted by Gasteiger charge is -2.10. The first-order valence-electron chi connectivity index (χ1n) is 7.47. The van der Waals surface area contributed by atoms with Crippen LogP contribution in [0.15, 0.2) is 18.2 Å². The number of aromatic nitrogens is 3. The Kier molecular flexibility index (Phi) is 4.28. The van der Waals surface area contributed by atoms with Crippen molar-refractivity contribution >= 4 is 23.5 Å². The van der Waals surface area contributed by atoms with Gasteiger partial charge in [0, 0.05) is 12.1 Å². The van der Waals surface area contributed by atoms with Crippen LogP contribution in [0, 0.1) is 13.8 Å². The van der Waals surface area contributed by atoms with Crippen LogP contribution in [0.4, 0.5) is 0 Å². The van der Waals surface area contributed by atoms with Gasteiger partial charge in [-0.05, 0) is 39.0 Å². The fourth-order valence-electron chi connectivity index (χ4n) is 2.56. The molecule has 1 saturated heterocycles. The van der Waals surface area contributed by atoms with Crippen molar-refractivity contribution in [2.24, 2.45) is 0 Å². The highest BCUT2D eigenvalue weighted by Crippen LogP contribution is 2.22. The minimum atomic E-state index is -0.928. The highest BCUT2D eigenvalue weighted by Gasteiger charge is 2.36. The minimum Gasteiger partial charge on any atom is -0.460 e. The molecule has 3 heterocycles. The maximum atomic E-state index is 12.3. The second-order valence-corrected chi connectivity index (χ2v) is 6.12. The van der Waals surface area contributed by atoms with Gasteiger partial charge in [0.25, 0.3) is 0 Å². The van der Waals surface area contributed by atoms with Crippen LogP contribution in [0.2, 0.25) is 5.02 Å². The number of halogens is 1. The van der Waals surface area contributed by atoms with Crippen molar-refractivity contribution in [3.8, 4) is 5.82 Å². The molecule has 24 heavy (non-hydrogen) atoms. The Morgan fingerprint density at radius 2 is 2.17 bits per heavy atom. The molecule has 0 bridgehead atoms. The first-order chi connectivity index (χ1) is 11.3. The molecule has 0 spiro atoms. The fourth-order valence-corrected chi connectivity index (χ4v) is 2.74. The van der Waals surface area contributed by atoms with E-state index in [0.29, 0.717) is 12.2 Å². The average molecular weight is 350 g/mol. The SMILES string of the molecule is Cc1cc(C)n(-c2ccc(Cl)c(C(=O)OC3CC(C)OC3=O)n2)n1. The van der Waals surface area contributed by atoms with Crippen molar-refractivity contribution in [3.63, 3.8) is 0 Å².